The SMILES string of the molecule is Cc1ccc(S(=O)(=O)N2C(=O)[C@@]3(O)C=C[C@@H]2[C@@H]2C(=O)N(c4ccc(Cl)cc4)C(=O)[C@@H]23)cc1. The summed E-state index contributed by atoms with van der Waals surface area (Å²) < 4.78 is 27.2. The highest BCUT2D eigenvalue weighted by atomic mass is 35.5. The van der Waals surface area contributed by atoms with Gasteiger partial charge in [0.2, 0.25) is 11.8 Å². The van der Waals surface area contributed by atoms with Gasteiger partial charge < -0.3 is 5.11 Å². The molecule has 0 aromatic heterocycles. The van der Waals surface area contributed by atoms with E-state index in [0.29, 0.717) is 9.33 Å². The van der Waals surface area contributed by atoms with E-state index in [4.69, 9.17) is 11.6 Å². The summed E-state index contributed by atoms with van der Waals surface area (Å²) in [7, 11) is -4.39. The zero-order valence-corrected chi connectivity index (χ0v) is 18.2. The van der Waals surface area contributed by atoms with E-state index in [0.717, 1.165) is 16.5 Å². The molecular formula is C22H17ClN2O6S. The lowest BCUT2D eigenvalue weighted by molar-refractivity contribution is -0.164. The minimum absolute atomic E-state index is 0.149. The molecule has 1 aliphatic carbocycles. The van der Waals surface area contributed by atoms with Crippen LogP contribution in [-0.4, -0.2) is 47.2 Å². The highest BCUT2D eigenvalue weighted by Gasteiger charge is 2.70. The molecule has 0 saturated carbocycles. The lowest BCUT2D eigenvalue weighted by atomic mass is 9.68. The minimum atomic E-state index is -4.39. The summed E-state index contributed by atoms with van der Waals surface area (Å²) in [4.78, 5) is 40.5. The smallest absolute Gasteiger partial charge is 0.273 e. The number of hydrogen-bond donors (Lipinski definition) is 1. The van der Waals surface area contributed by atoms with Crippen LogP contribution < -0.4 is 4.90 Å². The number of carbonyl (C=O) groups excluding carboxylic acids is 3. The van der Waals surface area contributed by atoms with Crippen molar-refractivity contribution in [3.63, 3.8) is 0 Å². The molecule has 3 amide bonds. The van der Waals surface area contributed by atoms with Crippen molar-refractivity contribution < 1.29 is 27.9 Å². The number of rotatable bonds is 3. The largest absolute Gasteiger partial charge is 0.375 e. The Bertz CT molecular complexity index is 1300. The van der Waals surface area contributed by atoms with Crippen LogP contribution in [0.1, 0.15) is 5.56 Å². The van der Waals surface area contributed by atoms with E-state index in [1.807, 2.05) is 0 Å². The zero-order valence-electron chi connectivity index (χ0n) is 16.7. The monoisotopic (exact) mass is 472 g/mol. The van der Waals surface area contributed by atoms with Crippen molar-refractivity contribution in [2.24, 2.45) is 11.8 Å². The first-order valence-electron chi connectivity index (χ1n) is 9.78. The lowest BCUT2D eigenvalue weighted by Gasteiger charge is -2.48. The maximum Gasteiger partial charge on any atom is 0.273 e. The van der Waals surface area contributed by atoms with Gasteiger partial charge in [-0.05, 0) is 49.4 Å². The number of carbonyl (C=O) groups is 3. The predicted octanol–water partition coefficient (Wildman–Crippen LogP) is 1.65. The maximum absolute atomic E-state index is 13.3. The standard InChI is InChI=1S/C22H17ClN2O6S/c1-12-2-8-15(9-3-12)32(30,31)25-16-10-11-22(29,21(25)28)18-17(16)19(26)24(20(18)27)14-6-4-13(23)5-7-14/h2-11,16-18,29H,1H3/t16-,17+,18-,22-/m1/s1. The first kappa shape index (κ1) is 20.9. The number of anilines is 1. The number of imide groups is 1. The summed E-state index contributed by atoms with van der Waals surface area (Å²) in [5, 5.41) is 11.6. The van der Waals surface area contributed by atoms with E-state index < -0.39 is 51.2 Å². The second-order valence-corrected chi connectivity index (χ2v) is 10.3. The first-order valence-corrected chi connectivity index (χ1v) is 11.6. The summed E-state index contributed by atoms with van der Waals surface area (Å²) in [6.45, 7) is 1.79. The van der Waals surface area contributed by atoms with Crippen LogP contribution in [0, 0.1) is 18.8 Å². The molecule has 4 aliphatic rings. The fraction of sp³-hybridized carbons (Fsp3) is 0.227. The van der Waals surface area contributed by atoms with E-state index in [-0.39, 0.29) is 10.6 Å². The van der Waals surface area contributed by atoms with Gasteiger partial charge in [-0.15, -0.1) is 0 Å². The topological polar surface area (TPSA) is 112 Å². The second kappa shape index (κ2) is 6.74. The summed E-state index contributed by atoms with van der Waals surface area (Å²) >= 11 is 5.89. The van der Waals surface area contributed by atoms with Crippen molar-refractivity contribution >= 4 is 45.0 Å². The number of benzene rings is 2. The summed E-state index contributed by atoms with van der Waals surface area (Å²) in [5.41, 5.74) is -1.41. The maximum atomic E-state index is 13.3. The number of hydrogen-bond acceptors (Lipinski definition) is 6. The van der Waals surface area contributed by atoms with Crippen LogP contribution in [0.3, 0.4) is 0 Å². The zero-order chi connectivity index (χ0) is 23.0. The Morgan fingerprint density at radius 2 is 1.59 bits per heavy atom. The predicted molar refractivity (Wildman–Crippen MR) is 114 cm³/mol. The Kier molecular flexibility index (Phi) is 4.40. The number of aliphatic hydroxyl groups is 1. The van der Waals surface area contributed by atoms with Gasteiger partial charge in [-0.1, -0.05) is 35.4 Å². The molecule has 0 radical (unpaired) electrons. The molecule has 32 heavy (non-hydrogen) atoms. The van der Waals surface area contributed by atoms with Crippen LogP contribution in [-0.2, 0) is 24.4 Å². The van der Waals surface area contributed by atoms with Gasteiger partial charge in [0.1, 0.15) is 0 Å². The van der Waals surface area contributed by atoms with E-state index in [2.05, 4.69) is 0 Å². The van der Waals surface area contributed by atoms with E-state index in [1.165, 1.54) is 42.5 Å². The number of piperidine rings is 1. The Morgan fingerprint density at radius 1 is 0.969 bits per heavy atom. The van der Waals surface area contributed by atoms with Crippen LogP contribution in [0.4, 0.5) is 5.69 Å². The van der Waals surface area contributed by atoms with Crippen molar-refractivity contribution in [2.45, 2.75) is 23.5 Å². The van der Waals surface area contributed by atoms with Gasteiger partial charge in [0, 0.05) is 5.02 Å². The Morgan fingerprint density at radius 3 is 2.22 bits per heavy atom. The second-order valence-electron chi connectivity index (χ2n) is 8.09. The number of amides is 3. The number of nitrogens with zero attached hydrogens (tertiary/aromatic N) is 2. The Balaban J connectivity index is 1.61. The van der Waals surface area contributed by atoms with E-state index in [1.54, 1.807) is 19.1 Å². The Labute approximate surface area is 188 Å². The summed E-state index contributed by atoms with van der Waals surface area (Å²) in [6, 6.07) is 10.6. The molecule has 164 valence electrons. The van der Waals surface area contributed by atoms with Gasteiger partial charge in [0.25, 0.3) is 15.9 Å². The van der Waals surface area contributed by atoms with Gasteiger partial charge >= 0.3 is 0 Å². The average Bonchev–Trinajstić information content (AvgIpc) is 3.02. The number of halogens is 1. The van der Waals surface area contributed by atoms with Crippen molar-refractivity contribution in [1.29, 1.82) is 0 Å². The molecule has 6 rings (SSSR count). The number of sulfonamides is 1. The highest BCUT2D eigenvalue weighted by molar-refractivity contribution is 7.89. The molecule has 2 aromatic rings. The van der Waals surface area contributed by atoms with Crippen molar-refractivity contribution in [3.05, 3.63) is 71.3 Å². The summed E-state index contributed by atoms with van der Waals surface area (Å²) in [5.74, 6) is -5.26. The molecule has 2 aromatic carbocycles. The van der Waals surface area contributed by atoms with Crippen LogP contribution in [0.15, 0.2) is 65.6 Å². The molecule has 0 unspecified atom stereocenters. The van der Waals surface area contributed by atoms with Crippen LogP contribution in [0.2, 0.25) is 5.02 Å². The van der Waals surface area contributed by atoms with E-state index >= 15 is 0 Å². The molecule has 2 fully saturated rings. The molecule has 2 saturated heterocycles. The fourth-order valence-corrected chi connectivity index (χ4v) is 6.36. The fourth-order valence-electron chi connectivity index (χ4n) is 4.64. The normalized spacial score (nSPS) is 29.1. The molecule has 0 spiro atoms. The molecule has 3 aliphatic heterocycles. The molecule has 2 bridgehead atoms. The molecule has 10 heteroatoms. The van der Waals surface area contributed by atoms with Crippen molar-refractivity contribution in [1.82, 2.24) is 4.31 Å². The molecule has 3 heterocycles. The third kappa shape index (κ3) is 2.65. The van der Waals surface area contributed by atoms with Gasteiger partial charge in [0.05, 0.1) is 28.5 Å². The van der Waals surface area contributed by atoms with Crippen LogP contribution >= 0.6 is 11.6 Å². The molecule has 4 atom stereocenters. The minimum Gasteiger partial charge on any atom is -0.375 e. The van der Waals surface area contributed by atoms with E-state index in [9.17, 15) is 27.9 Å². The first-order chi connectivity index (χ1) is 15.1. The van der Waals surface area contributed by atoms with Gasteiger partial charge in [0.15, 0.2) is 5.60 Å². The van der Waals surface area contributed by atoms with Crippen molar-refractivity contribution in [2.75, 3.05) is 4.90 Å². The quantitative estimate of drug-likeness (QED) is 0.537. The molecular weight excluding hydrogens is 456 g/mol. The molecule has 1 N–H and O–H groups in total. The highest BCUT2D eigenvalue weighted by Crippen LogP contribution is 2.50. The summed E-state index contributed by atoms with van der Waals surface area (Å²) in [6.07, 6.45) is 2.43. The average molecular weight is 473 g/mol. The van der Waals surface area contributed by atoms with Crippen LogP contribution in [0.5, 0.6) is 0 Å². The van der Waals surface area contributed by atoms with Crippen molar-refractivity contribution in [3.8, 4) is 0 Å². The Hall–Kier alpha value is -3.01. The molecule has 8 nitrogen and oxygen atoms in total. The third-order valence-corrected chi connectivity index (χ3v) is 8.26. The third-order valence-electron chi connectivity index (χ3n) is 6.22. The van der Waals surface area contributed by atoms with Gasteiger partial charge in [-0.2, -0.15) is 0 Å². The van der Waals surface area contributed by atoms with Gasteiger partial charge in [-0.25, -0.2) is 17.6 Å². The lowest BCUT2D eigenvalue weighted by Crippen LogP contribution is -2.69. The number of aryl methyl sites for hydroxylation is 1. The number of fused-ring (bicyclic) bond motifs is 1. The van der Waals surface area contributed by atoms with Gasteiger partial charge in [-0.3, -0.25) is 14.4 Å². The van der Waals surface area contributed by atoms with Crippen LogP contribution in [0.25, 0.3) is 0 Å².